The van der Waals surface area contributed by atoms with Crippen molar-refractivity contribution in [2.75, 3.05) is 65.6 Å². The standard InChI is InChI=1S/C13H29N5O4/c1-12(18(21)22)6-14-2-4-16-8-13(10-19,11-20)9-17-5-3-15-7-12/h14-17,19-20H,2-11H2,1H3. The molecule has 1 saturated heterocycles. The van der Waals surface area contributed by atoms with Gasteiger partial charge in [-0.05, 0) is 0 Å². The van der Waals surface area contributed by atoms with Gasteiger partial charge in [-0.2, -0.15) is 0 Å². The van der Waals surface area contributed by atoms with Gasteiger partial charge in [0, 0.05) is 56.5 Å². The average molecular weight is 319 g/mol. The van der Waals surface area contributed by atoms with Crippen LogP contribution in [0.2, 0.25) is 0 Å². The smallest absolute Gasteiger partial charge is 0.243 e. The molecule has 6 N–H and O–H groups in total. The summed E-state index contributed by atoms with van der Waals surface area (Å²) in [6, 6.07) is 0. The highest BCUT2D eigenvalue weighted by molar-refractivity contribution is 4.84. The Morgan fingerprint density at radius 1 is 0.909 bits per heavy atom. The second-order valence-electron chi connectivity index (χ2n) is 6.28. The van der Waals surface area contributed by atoms with Crippen LogP contribution in [-0.2, 0) is 0 Å². The van der Waals surface area contributed by atoms with Crippen LogP contribution in [0.1, 0.15) is 6.92 Å². The van der Waals surface area contributed by atoms with Crippen molar-refractivity contribution in [2.24, 2.45) is 5.41 Å². The van der Waals surface area contributed by atoms with Crippen LogP contribution in [0.4, 0.5) is 0 Å². The van der Waals surface area contributed by atoms with E-state index in [1.807, 2.05) is 0 Å². The van der Waals surface area contributed by atoms with Gasteiger partial charge in [-0.1, -0.05) is 0 Å². The Balaban J connectivity index is 2.58. The van der Waals surface area contributed by atoms with Gasteiger partial charge in [0.1, 0.15) is 0 Å². The number of aliphatic hydroxyl groups excluding tert-OH is 2. The van der Waals surface area contributed by atoms with Gasteiger partial charge in [0.15, 0.2) is 0 Å². The molecule has 0 amide bonds. The fourth-order valence-electron chi connectivity index (χ4n) is 2.30. The number of nitrogens with one attached hydrogen (secondary N) is 4. The first-order valence-corrected chi connectivity index (χ1v) is 7.67. The highest BCUT2D eigenvalue weighted by Crippen LogP contribution is 2.13. The molecule has 130 valence electrons. The van der Waals surface area contributed by atoms with Gasteiger partial charge in [-0.25, -0.2) is 0 Å². The minimum absolute atomic E-state index is 0.107. The number of aliphatic hydroxyl groups is 2. The van der Waals surface area contributed by atoms with E-state index in [9.17, 15) is 20.3 Å². The van der Waals surface area contributed by atoms with Crippen LogP contribution in [0.25, 0.3) is 0 Å². The first-order valence-electron chi connectivity index (χ1n) is 7.67. The van der Waals surface area contributed by atoms with E-state index >= 15 is 0 Å². The van der Waals surface area contributed by atoms with E-state index in [2.05, 4.69) is 21.3 Å². The maximum absolute atomic E-state index is 11.2. The Hall–Kier alpha value is -0.840. The van der Waals surface area contributed by atoms with Gasteiger partial charge in [-0.15, -0.1) is 0 Å². The van der Waals surface area contributed by atoms with Gasteiger partial charge in [0.2, 0.25) is 5.54 Å². The van der Waals surface area contributed by atoms with Gasteiger partial charge >= 0.3 is 0 Å². The zero-order valence-electron chi connectivity index (χ0n) is 13.2. The van der Waals surface area contributed by atoms with Crippen molar-refractivity contribution in [1.82, 2.24) is 21.3 Å². The molecule has 0 aliphatic carbocycles. The predicted octanol–water partition coefficient (Wildman–Crippen LogP) is -2.64. The lowest BCUT2D eigenvalue weighted by molar-refractivity contribution is -0.560. The summed E-state index contributed by atoms with van der Waals surface area (Å²) in [5.41, 5.74) is -1.64. The maximum atomic E-state index is 11.2. The van der Waals surface area contributed by atoms with Gasteiger partial charge < -0.3 is 31.5 Å². The van der Waals surface area contributed by atoms with E-state index in [4.69, 9.17) is 0 Å². The Kier molecular flexibility index (Phi) is 8.15. The third-order valence-corrected chi connectivity index (χ3v) is 4.08. The molecule has 0 unspecified atom stereocenters. The van der Waals surface area contributed by atoms with Crippen LogP contribution >= 0.6 is 0 Å². The molecule has 9 heteroatoms. The largest absolute Gasteiger partial charge is 0.396 e. The Morgan fingerprint density at radius 3 is 1.59 bits per heavy atom. The molecule has 0 aromatic rings. The van der Waals surface area contributed by atoms with E-state index < -0.39 is 11.0 Å². The van der Waals surface area contributed by atoms with Crippen LogP contribution in [-0.4, -0.2) is 86.2 Å². The van der Waals surface area contributed by atoms with Crippen molar-refractivity contribution in [3.05, 3.63) is 10.1 Å². The zero-order valence-corrected chi connectivity index (χ0v) is 13.2. The number of hydrogen-bond donors (Lipinski definition) is 6. The van der Waals surface area contributed by atoms with Crippen molar-refractivity contribution in [3.8, 4) is 0 Å². The summed E-state index contributed by atoms with van der Waals surface area (Å²) in [5, 5.41) is 42.8. The van der Waals surface area contributed by atoms with E-state index in [1.54, 1.807) is 6.92 Å². The van der Waals surface area contributed by atoms with Crippen molar-refractivity contribution in [2.45, 2.75) is 12.5 Å². The van der Waals surface area contributed by atoms with E-state index in [0.717, 1.165) is 0 Å². The minimum Gasteiger partial charge on any atom is -0.396 e. The normalized spacial score (nSPS) is 24.3. The molecule has 1 aliphatic heterocycles. The molecule has 0 aromatic carbocycles. The monoisotopic (exact) mass is 319 g/mol. The number of nitro groups is 1. The van der Waals surface area contributed by atoms with Crippen LogP contribution in [0.15, 0.2) is 0 Å². The molecule has 1 fully saturated rings. The second-order valence-corrected chi connectivity index (χ2v) is 6.28. The molecule has 9 nitrogen and oxygen atoms in total. The number of rotatable bonds is 3. The predicted molar refractivity (Wildman–Crippen MR) is 83.5 cm³/mol. The fourth-order valence-corrected chi connectivity index (χ4v) is 2.30. The minimum atomic E-state index is -1.04. The topological polar surface area (TPSA) is 132 Å². The molecule has 1 rings (SSSR count). The summed E-state index contributed by atoms with van der Waals surface area (Å²) < 4.78 is 0. The van der Waals surface area contributed by atoms with Crippen molar-refractivity contribution >= 4 is 0 Å². The lowest BCUT2D eigenvalue weighted by atomic mass is 9.90. The third kappa shape index (κ3) is 5.75. The quantitative estimate of drug-likeness (QED) is 0.246. The molecule has 1 heterocycles. The maximum Gasteiger partial charge on any atom is 0.243 e. The van der Waals surface area contributed by atoms with Crippen LogP contribution < -0.4 is 21.3 Å². The van der Waals surface area contributed by atoms with Crippen LogP contribution in [0.3, 0.4) is 0 Å². The summed E-state index contributed by atoms with van der Waals surface area (Å²) in [6.45, 7) is 5.35. The van der Waals surface area contributed by atoms with E-state index in [-0.39, 0.29) is 31.2 Å². The van der Waals surface area contributed by atoms with Gasteiger partial charge in [0.05, 0.1) is 26.3 Å². The van der Waals surface area contributed by atoms with Crippen molar-refractivity contribution < 1.29 is 15.1 Å². The van der Waals surface area contributed by atoms with Crippen molar-refractivity contribution in [3.63, 3.8) is 0 Å². The highest BCUT2D eigenvalue weighted by atomic mass is 16.6. The SMILES string of the molecule is CC1([N+](=O)[O-])CNCCNCC(CO)(CO)CNCCNC1. The molecule has 0 saturated carbocycles. The van der Waals surface area contributed by atoms with Crippen molar-refractivity contribution in [1.29, 1.82) is 0 Å². The molecule has 22 heavy (non-hydrogen) atoms. The first kappa shape index (κ1) is 19.2. The van der Waals surface area contributed by atoms with Gasteiger partial charge in [-0.3, -0.25) is 10.1 Å². The van der Waals surface area contributed by atoms with E-state index in [0.29, 0.717) is 39.3 Å². The first-order chi connectivity index (χ1) is 10.5. The number of nitrogens with zero attached hydrogens (tertiary/aromatic N) is 1. The molecule has 0 spiro atoms. The molecule has 0 atom stereocenters. The Morgan fingerprint density at radius 2 is 1.27 bits per heavy atom. The number of hydrogen-bond acceptors (Lipinski definition) is 8. The molecule has 0 aromatic heterocycles. The van der Waals surface area contributed by atoms with E-state index in [1.165, 1.54) is 0 Å². The molecule has 0 radical (unpaired) electrons. The third-order valence-electron chi connectivity index (χ3n) is 4.08. The highest BCUT2D eigenvalue weighted by Gasteiger charge is 2.36. The molecule has 1 aliphatic rings. The zero-order chi connectivity index (χ0) is 16.5. The summed E-state index contributed by atoms with van der Waals surface area (Å²) in [5.74, 6) is 0. The summed E-state index contributed by atoms with van der Waals surface area (Å²) in [4.78, 5) is 11.0. The van der Waals surface area contributed by atoms with Gasteiger partial charge in [0.25, 0.3) is 0 Å². The lowest BCUT2D eigenvalue weighted by Crippen LogP contribution is -2.54. The summed E-state index contributed by atoms with van der Waals surface area (Å²) in [7, 11) is 0. The van der Waals surface area contributed by atoms with Crippen LogP contribution in [0.5, 0.6) is 0 Å². The molecule has 0 bridgehead atoms. The second kappa shape index (κ2) is 9.33. The Labute approximate surface area is 131 Å². The van der Waals surface area contributed by atoms with Crippen LogP contribution in [0, 0.1) is 15.5 Å². The average Bonchev–Trinajstić information content (AvgIpc) is 2.51. The lowest BCUT2D eigenvalue weighted by Gasteiger charge is -2.31. The molecular weight excluding hydrogens is 290 g/mol. The summed E-state index contributed by atoms with van der Waals surface area (Å²) >= 11 is 0. The molecular formula is C13H29N5O4. The Bertz CT molecular complexity index is 320. The fraction of sp³-hybridized carbons (Fsp3) is 1.00. The summed E-state index contributed by atoms with van der Waals surface area (Å²) in [6.07, 6.45) is 0.